The molecule has 3 aliphatic carbocycles. The summed E-state index contributed by atoms with van der Waals surface area (Å²) in [5.74, 6) is 3.00. The highest BCUT2D eigenvalue weighted by atomic mass is 16.6. The van der Waals surface area contributed by atoms with Crippen molar-refractivity contribution in [3.05, 3.63) is 270 Å². The zero-order valence-corrected chi connectivity index (χ0v) is 34.9. The van der Waals surface area contributed by atoms with E-state index >= 15 is 0 Å². The van der Waals surface area contributed by atoms with Gasteiger partial charge in [-0.15, -0.1) is 0 Å². The molecule has 2 atom stereocenters. The minimum absolute atomic E-state index is 0.0663. The largest absolute Gasteiger partial charge is 0.450 e. The number of hydrogen-bond acceptors (Lipinski definition) is 3. The van der Waals surface area contributed by atoms with E-state index in [-0.39, 0.29) is 17.3 Å². The van der Waals surface area contributed by atoms with Crippen molar-refractivity contribution in [1.82, 2.24) is 0 Å². The average Bonchev–Trinajstić information content (AvgIpc) is 3.83. The third kappa shape index (κ3) is 5.41. The number of anilines is 3. The summed E-state index contributed by atoms with van der Waals surface area (Å²) < 4.78 is 14.4. The van der Waals surface area contributed by atoms with Crippen LogP contribution in [0.15, 0.2) is 248 Å². The van der Waals surface area contributed by atoms with Gasteiger partial charge in [-0.2, -0.15) is 0 Å². The van der Waals surface area contributed by atoms with Gasteiger partial charge in [-0.1, -0.05) is 194 Å². The Morgan fingerprint density at radius 1 is 0.359 bits per heavy atom. The van der Waals surface area contributed by atoms with Crippen molar-refractivity contribution in [2.45, 2.75) is 11.3 Å². The first-order valence-electron chi connectivity index (χ1n) is 22.2. The molecule has 3 heteroatoms. The zero-order chi connectivity index (χ0) is 42.2. The van der Waals surface area contributed by atoms with Crippen molar-refractivity contribution >= 4 is 17.1 Å². The monoisotopic (exact) mass is 819 g/mol. The lowest BCUT2D eigenvalue weighted by Crippen LogP contribution is -2.34. The standard InChI is InChI=1S/C61H41NO2/c1-4-19-40(20-5-1)43-35-36-55(48(37-43)42-23-8-3-9-24-42)62(54-32-17-13-25-44(54)41-21-6-2-7-22-41)56-33-18-34-57-60(56)64-58-38-49-47-28-12-16-31-52(47)61(53(49)39-59(58)63-57)50-29-14-10-26-45(50)46-27-11-15-30-51(46)61/h1-39,49,53H. The Bertz CT molecular complexity index is 3300. The van der Waals surface area contributed by atoms with E-state index in [9.17, 15) is 0 Å². The highest BCUT2D eigenvalue weighted by Crippen LogP contribution is 2.66. The molecule has 1 aliphatic heterocycles. The van der Waals surface area contributed by atoms with Crippen LogP contribution in [-0.4, -0.2) is 0 Å². The van der Waals surface area contributed by atoms with E-state index in [1.807, 2.05) is 6.07 Å². The van der Waals surface area contributed by atoms with Crippen molar-refractivity contribution in [1.29, 1.82) is 0 Å². The second kappa shape index (κ2) is 14.5. The molecule has 0 fully saturated rings. The van der Waals surface area contributed by atoms with Gasteiger partial charge >= 0.3 is 0 Å². The van der Waals surface area contributed by atoms with Gasteiger partial charge in [-0.25, -0.2) is 0 Å². The van der Waals surface area contributed by atoms with Crippen molar-refractivity contribution in [3.63, 3.8) is 0 Å². The fourth-order valence-electron chi connectivity index (χ4n) is 11.2. The van der Waals surface area contributed by atoms with Crippen LogP contribution in [0, 0.1) is 5.92 Å². The molecule has 1 heterocycles. The van der Waals surface area contributed by atoms with E-state index in [4.69, 9.17) is 9.47 Å². The van der Waals surface area contributed by atoms with Crippen LogP contribution >= 0.6 is 0 Å². The molecule has 302 valence electrons. The fourth-order valence-corrected chi connectivity index (χ4v) is 11.2. The Balaban J connectivity index is 1.01. The van der Waals surface area contributed by atoms with E-state index in [2.05, 4.69) is 235 Å². The highest BCUT2D eigenvalue weighted by Gasteiger charge is 2.58. The maximum Gasteiger partial charge on any atom is 0.194 e. The number of fused-ring (bicyclic) bond motifs is 12. The molecule has 9 aromatic rings. The lowest BCUT2D eigenvalue weighted by Gasteiger charge is -2.38. The summed E-state index contributed by atoms with van der Waals surface area (Å²) in [6.45, 7) is 0. The minimum atomic E-state index is -0.368. The summed E-state index contributed by atoms with van der Waals surface area (Å²) >= 11 is 0. The topological polar surface area (TPSA) is 21.7 Å². The fraction of sp³-hybridized carbons (Fsp3) is 0.0492. The summed E-state index contributed by atoms with van der Waals surface area (Å²) in [6, 6.07) is 80.7. The minimum Gasteiger partial charge on any atom is -0.450 e. The second-order valence-corrected chi connectivity index (χ2v) is 17.1. The molecule has 64 heavy (non-hydrogen) atoms. The average molecular weight is 820 g/mol. The van der Waals surface area contributed by atoms with E-state index in [0.29, 0.717) is 11.5 Å². The molecule has 0 saturated carbocycles. The summed E-state index contributed by atoms with van der Waals surface area (Å²) in [4.78, 5) is 2.37. The van der Waals surface area contributed by atoms with Gasteiger partial charge in [-0.3, -0.25) is 0 Å². The van der Waals surface area contributed by atoms with Crippen molar-refractivity contribution < 1.29 is 9.47 Å². The Labute approximate surface area is 373 Å². The molecule has 0 saturated heterocycles. The molecule has 1 spiro atoms. The van der Waals surface area contributed by atoms with Gasteiger partial charge in [0.15, 0.2) is 23.0 Å². The molecule has 0 radical (unpaired) electrons. The Morgan fingerprint density at radius 3 is 1.59 bits per heavy atom. The van der Waals surface area contributed by atoms with E-state index in [1.54, 1.807) is 0 Å². The summed E-state index contributed by atoms with van der Waals surface area (Å²) in [5, 5.41) is 0. The van der Waals surface area contributed by atoms with Gasteiger partial charge < -0.3 is 14.4 Å². The maximum atomic E-state index is 7.31. The van der Waals surface area contributed by atoms with Crippen LogP contribution in [0.2, 0.25) is 0 Å². The number of rotatable bonds is 6. The maximum absolute atomic E-state index is 7.31. The Kier molecular flexibility index (Phi) is 8.26. The predicted octanol–water partition coefficient (Wildman–Crippen LogP) is 15.4. The number of nitrogens with zero attached hydrogens (tertiary/aromatic N) is 1. The smallest absolute Gasteiger partial charge is 0.194 e. The van der Waals surface area contributed by atoms with Gasteiger partial charge in [-0.05, 0) is 98.1 Å². The summed E-state index contributed by atoms with van der Waals surface area (Å²) in [5.41, 5.74) is 17.3. The normalized spacial score (nSPS) is 16.7. The Morgan fingerprint density at radius 2 is 0.891 bits per heavy atom. The molecule has 2 unspecified atom stereocenters. The summed E-state index contributed by atoms with van der Waals surface area (Å²) in [7, 11) is 0. The predicted molar refractivity (Wildman–Crippen MR) is 259 cm³/mol. The third-order valence-corrected chi connectivity index (χ3v) is 13.8. The van der Waals surface area contributed by atoms with Gasteiger partial charge in [0, 0.05) is 23.0 Å². The van der Waals surface area contributed by atoms with Crippen molar-refractivity contribution in [3.8, 4) is 56.0 Å². The first-order valence-corrected chi connectivity index (χ1v) is 22.2. The molecule has 4 aliphatic rings. The van der Waals surface area contributed by atoms with Crippen LogP contribution < -0.4 is 14.4 Å². The van der Waals surface area contributed by atoms with Gasteiger partial charge in [0.2, 0.25) is 0 Å². The molecule has 0 amide bonds. The number of para-hydroxylation sites is 2. The quantitative estimate of drug-likeness (QED) is 0.167. The van der Waals surface area contributed by atoms with Crippen molar-refractivity contribution in [2.24, 2.45) is 5.92 Å². The van der Waals surface area contributed by atoms with Crippen LogP contribution in [-0.2, 0) is 5.41 Å². The first kappa shape index (κ1) is 36.5. The van der Waals surface area contributed by atoms with Crippen LogP contribution in [0.25, 0.3) is 44.5 Å². The van der Waals surface area contributed by atoms with Crippen LogP contribution in [0.1, 0.15) is 28.2 Å². The van der Waals surface area contributed by atoms with E-state index in [1.165, 1.54) is 33.4 Å². The molecule has 0 aromatic heterocycles. The highest BCUT2D eigenvalue weighted by molar-refractivity contribution is 5.97. The molecule has 0 N–H and O–H groups in total. The number of ether oxygens (including phenoxy) is 2. The van der Waals surface area contributed by atoms with Gasteiger partial charge in [0.1, 0.15) is 0 Å². The van der Waals surface area contributed by atoms with Gasteiger partial charge in [0.25, 0.3) is 0 Å². The molecule has 0 bridgehead atoms. The van der Waals surface area contributed by atoms with Crippen LogP contribution in [0.4, 0.5) is 17.1 Å². The lowest BCUT2D eigenvalue weighted by molar-refractivity contribution is 0.276. The van der Waals surface area contributed by atoms with E-state index in [0.717, 1.165) is 62.0 Å². The third-order valence-electron chi connectivity index (χ3n) is 13.8. The second-order valence-electron chi connectivity index (χ2n) is 17.1. The first-order chi connectivity index (χ1) is 31.8. The van der Waals surface area contributed by atoms with Crippen LogP contribution in [0.5, 0.6) is 11.5 Å². The van der Waals surface area contributed by atoms with Crippen LogP contribution in [0.3, 0.4) is 0 Å². The number of hydrogen-bond donors (Lipinski definition) is 0. The molecule has 9 aromatic carbocycles. The molecular weight excluding hydrogens is 779 g/mol. The lowest BCUT2D eigenvalue weighted by atomic mass is 9.65. The molecule has 13 rings (SSSR count). The molecular formula is C61H41NO2. The number of benzene rings is 9. The summed E-state index contributed by atoms with van der Waals surface area (Å²) in [6.07, 6.45) is 4.70. The van der Waals surface area contributed by atoms with Crippen molar-refractivity contribution in [2.75, 3.05) is 4.90 Å². The molecule has 3 nitrogen and oxygen atoms in total. The Hall–Kier alpha value is -8.14. The van der Waals surface area contributed by atoms with Gasteiger partial charge in [0.05, 0.1) is 22.5 Å². The number of allylic oxidation sites excluding steroid dienone is 2. The SMILES string of the molecule is C1=C2Oc3cccc(N(c4ccccc4-c4ccccc4)c4ccc(-c5ccccc5)cc4-c4ccccc4)c3OC2=CC2c3ccccc3C3(c4ccccc4-c4ccccc43)C12. The zero-order valence-electron chi connectivity index (χ0n) is 34.9. The van der Waals surface area contributed by atoms with E-state index < -0.39 is 0 Å².